The van der Waals surface area contributed by atoms with E-state index in [4.69, 9.17) is 16.3 Å². The Morgan fingerprint density at radius 1 is 1.31 bits per heavy atom. The number of aliphatic hydroxyl groups is 5. The predicted molar refractivity (Wildman–Crippen MR) is 89.7 cm³/mol. The van der Waals surface area contributed by atoms with Gasteiger partial charge in [0.05, 0.1) is 11.8 Å². The molecule has 1 rings (SSSR count). The van der Waals surface area contributed by atoms with Crippen molar-refractivity contribution < 1.29 is 35.1 Å². The van der Waals surface area contributed by atoms with E-state index < -0.39 is 42.5 Å². The molecular formula is C14H26ClN3O8. The number of rotatable bonds is 7. The lowest BCUT2D eigenvalue weighted by atomic mass is 9.87. The van der Waals surface area contributed by atoms with Crippen LogP contribution in [0.15, 0.2) is 5.29 Å². The van der Waals surface area contributed by atoms with Crippen molar-refractivity contribution in [2.45, 2.75) is 56.7 Å². The van der Waals surface area contributed by atoms with Gasteiger partial charge in [0.15, 0.2) is 12.0 Å². The van der Waals surface area contributed by atoms with Crippen LogP contribution in [-0.4, -0.2) is 97.4 Å². The molecule has 0 aliphatic carbocycles. The number of aliphatic hydroxyl groups excluding tert-OH is 4. The Kier molecular flexibility index (Phi) is 8.14. The van der Waals surface area contributed by atoms with Crippen molar-refractivity contribution in [2.75, 3.05) is 19.5 Å². The van der Waals surface area contributed by atoms with E-state index in [1.165, 1.54) is 0 Å². The van der Waals surface area contributed by atoms with Gasteiger partial charge in [0.25, 0.3) is 0 Å². The summed E-state index contributed by atoms with van der Waals surface area (Å²) in [6.07, 6.45) is -9.10. The molecule has 0 aromatic rings. The largest absolute Gasteiger partial charge is 0.387 e. The lowest BCUT2D eigenvalue weighted by molar-refractivity contribution is -0.366. The van der Waals surface area contributed by atoms with Crippen LogP contribution in [-0.2, 0) is 4.74 Å². The Morgan fingerprint density at radius 3 is 2.35 bits per heavy atom. The third-order valence-electron chi connectivity index (χ3n) is 4.12. The van der Waals surface area contributed by atoms with E-state index in [1.807, 2.05) is 0 Å². The standard InChI is InChI=1S/C14H26ClN3O8/c1-7(2)6-14(24)11(21)9(20)8(19)10(26-14)12(22)17(3)13(23)18(16-25)5-4-15/h7-12,19-22,24H,4-6H2,1-3H3/t8-,9-,10-,11+,12?,14+/m0/s1. The first kappa shape index (κ1) is 23.0. The summed E-state index contributed by atoms with van der Waals surface area (Å²) in [5.74, 6) is -2.49. The second-order valence-electron chi connectivity index (χ2n) is 6.65. The number of ether oxygens (including phenoxy) is 1. The Morgan fingerprint density at radius 2 is 1.88 bits per heavy atom. The molecule has 0 saturated carbocycles. The quantitative estimate of drug-likeness (QED) is 0.154. The Balaban J connectivity index is 3.03. The van der Waals surface area contributed by atoms with Crippen LogP contribution in [0, 0.1) is 10.8 Å². The van der Waals surface area contributed by atoms with Gasteiger partial charge >= 0.3 is 6.03 Å². The van der Waals surface area contributed by atoms with Gasteiger partial charge in [0.2, 0.25) is 0 Å². The van der Waals surface area contributed by atoms with Crippen LogP contribution in [0.3, 0.4) is 0 Å². The lowest BCUT2D eigenvalue weighted by Gasteiger charge is -2.48. The van der Waals surface area contributed by atoms with Crippen molar-refractivity contribution in [3.63, 3.8) is 0 Å². The number of hydrogen-bond acceptors (Lipinski definition) is 9. The van der Waals surface area contributed by atoms with Crippen LogP contribution < -0.4 is 0 Å². The minimum atomic E-state index is -2.25. The second kappa shape index (κ2) is 9.22. The third-order valence-corrected chi connectivity index (χ3v) is 4.29. The van der Waals surface area contributed by atoms with Crippen molar-refractivity contribution >= 4 is 17.6 Å². The van der Waals surface area contributed by atoms with E-state index in [9.17, 15) is 35.2 Å². The summed E-state index contributed by atoms with van der Waals surface area (Å²) in [5.41, 5.74) is 0. The molecule has 1 fully saturated rings. The molecule has 12 heteroatoms. The van der Waals surface area contributed by atoms with Crippen LogP contribution in [0.4, 0.5) is 4.79 Å². The third kappa shape index (κ3) is 4.80. The van der Waals surface area contributed by atoms with Gasteiger partial charge in [-0.2, -0.15) is 5.01 Å². The van der Waals surface area contributed by atoms with Crippen LogP contribution in [0.5, 0.6) is 0 Å². The van der Waals surface area contributed by atoms with Gasteiger partial charge in [-0.25, -0.2) is 4.79 Å². The molecule has 6 atom stereocenters. The molecular weight excluding hydrogens is 374 g/mol. The fraction of sp³-hybridized carbons (Fsp3) is 0.929. The maximum atomic E-state index is 12.2. The van der Waals surface area contributed by atoms with Gasteiger partial charge in [0.1, 0.15) is 24.4 Å². The van der Waals surface area contributed by atoms with Gasteiger partial charge in [-0.05, 0) is 5.92 Å². The highest BCUT2D eigenvalue weighted by atomic mass is 35.5. The molecule has 0 spiro atoms. The van der Waals surface area contributed by atoms with E-state index in [-0.39, 0.29) is 24.8 Å². The summed E-state index contributed by atoms with van der Waals surface area (Å²) in [4.78, 5) is 23.5. The summed E-state index contributed by atoms with van der Waals surface area (Å²) in [7, 11) is 1.11. The Labute approximate surface area is 155 Å². The number of amides is 2. The number of urea groups is 1. The zero-order chi connectivity index (χ0) is 20.2. The number of nitroso groups, excluding NO2 is 1. The van der Waals surface area contributed by atoms with E-state index in [2.05, 4.69) is 5.29 Å². The first-order chi connectivity index (χ1) is 12.0. The molecule has 0 bridgehead atoms. The van der Waals surface area contributed by atoms with E-state index in [1.54, 1.807) is 13.8 Å². The summed E-state index contributed by atoms with van der Waals surface area (Å²) in [6, 6.07) is -1.03. The SMILES string of the molecule is CC(C)C[C@@]1(O)O[C@H](C(O)N(C)C(=O)N(CCCl)N=O)[C@@H](O)[C@H](O)[C@H]1O. The van der Waals surface area contributed by atoms with Crippen LogP contribution >= 0.6 is 11.6 Å². The molecule has 1 saturated heterocycles. The monoisotopic (exact) mass is 399 g/mol. The number of halogens is 1. The topological polar surface area (TPSA) is 163 Å². The van der Waals surface area contributed by atoms with Crippen LogP contribution in [0.25, 0.3) is 0 Å². The second-order valence-corrected chi connectivity index (χ2v) is 7.03. The maximum absolute atomic E-state index is 12.2. The smallest absolute Gasteiger partial charge is 0.344 e. The fourth-order valence-electron chi connectivity index (χ4n) is 2.78. The van der Waals surface area contributed by atoms with Gasteiger partial charge in [-0.3, -0.25) is 4.90 Å². The molecule has 1 unspecified atom stereocenters. The molecule has 1 aliphatic rings. The van der Waals surface area contributed by atoms with Crippen molar-refractivity contribution in [2.24, 2.45) is 11.2 Å². The van der Waals surface area contributed by atoms with Gasteiger partial charge in [-0.1, -0.05) is 13.8 Å². The summed E-state index contributed by atoms with van der Waals surface area (Å²) < 4.78 is 5.28. The number of likely N-dealkylation sites (N-methyl/N-ethyl adjacent to an activating group) is 1. The first-order valence-electron chi connectivity index (χ1n) is 8.06. The van der Waals surface area contributed by atoms with E-state index in [0.29, 0.717) is 9.91 Å². The summed E-state index contributed by atoms with van der Waals surface area (Å²) >= 11 is 5.46. The molecule has 1 heterocycles. The maximum Gasteiger partial charge on any atom is 0.344 e. The van der Waals surface area contributed by atoms with Crippen molar-refractivity contribution in [3.05, 3.63) is 4.91 Å². The van der Waals surface area contributed by atoms with Crippen LogP contribution in [0.2, 0.25) is 0 Å². The van der Waals surface area contributed by atoms with Gasteiger partial charge < -0.3 is 30.3 Å². The van der Waals surface area contributed by atoms with Crippen LogP contribution in [0.1, 0.15) is 20.3 Å². The minimum Gasteiger partial charge on any atom is -0.387 e. The zero-order valence-corrected chi connectivity index (χ0v) is 15.5. The van der Waals surface area contributed by atoms with Crippen molar-refractivity contribution in [3.8, 4) is 0 Å². The van der Waals surface area contributed by atoms with Gasteiger partial charge in [-0.15, -0.1) is 16.5 Å². The predicted octanol–water partition coefficient (Wildman–Crippen LogP) is -1.20. The average Bonchev–Trinajstić information content (AvgIpc) is 2.58. The molecule has 152 valence electrons. The Bertz CT molecular complexity index is 499. The molecule has 0 aromatic carbocycles. The Hall–Kier alpha value is -1.08. The highest BCUT2D eigenvalue weighted by Crippen LogP contribution is 2.34. The molecule has 1 aliphatic heterocycles. The number of carbonyl (C=O) groups is 1. The fourth-order valence-corrected chi connectivity index (χ4v) is 2.94. The zero-order valence-electron chi connectivity index (χ0n) is 14.8. The van der Waals surface area contributed by atoms with Crippen molar-refractivity contribution in [1.82, 2.24) is 9.91 Å². The molecule has 0 radical (unpaired) electrons. The highest BCUT2D eigenvalue weighted by Gasteiger charge is 2.55. The number of alkyl halides is 1. The van der Waals surface area contributed by atoms with Gasteiger partial charge in [0, 0.05) is 19.3 Å². The molecule has 2 amide bonds. The average molecular weight is 400 g/mol. The lowest BCUT2D eigenvalue weighted by Crippen LogP contribution is -2.69. The number of nitrogens with zero attached hydrogens (tertiary/aromatic N) is 3. The molecule has 26 heavy (non-hydrogen) atoms. The summed E-state index contributed by atoms with van der Waals surface area (Å²) in [5, 5.41) is 54.0. The highest BCUT2D eigenvalue weighted by molar-refractivity contribution is 6.18. The minimum absolute atomic E-state index is 0.0803. The molecule has 0 aromatic heterocycles. The molecule has 5 N–H and O–H groups in total. The summed E-state index contributed by atoms with van der Waals surface area (Å²) in [6.45, 7) is 3.24. The van der Waals surface area contributed by atoms with E-state index in [0.717, 1.165) is 7.05 Å². The molecule has 11 nitrogen and oxygen atoms in total. The number of hydrogen-bond donors (Lipinski definition) is 5. The first-order valence-corrected chi connectivity index (χ1v) is 8.59. The number of carbonyl (C=O) groups excluding carboxylic acids is 1. The van der Waals surface area contributed by atoms with E-state index >= 15 is 0 Å². The van der Waals surface area contributed by atoms with Crippen molar-refractivity contribution in [1.29, 1.82) is 0 Å². The normalized spacial score (nSPS) is 33.0.